The zero-order chi connectivity index (χ0) is 24.4. The molecule has 4 aromatic rings. The van der Waals surface area contributed by atoms with Crippen molar-refractivity contribution in [1.82, 2.24) is 4.90 Å². The highest BCUT2D eigenvalue weighted by Gasteiger charge is 2.34. The van der Waals surface area contributed by atoms with Crippen LogP contribution in [0, 0.1) is 0 Å². The van der Waals surface area contributed by atoms with Crippen LogP contribution in [-0.2, 0) is 21.5 Å². The van der Waals surface area contributed by atoms with Gasteiger partial charge < -0.3 is 4.18 Å². The quantitative estimate of drug-likeness (QED) is 0.244. The van der Waals surface area contributed by atoms with E-state index in [1.165, 1.54) is 23.1 Å². The van der Waals surface area contributed by atoms with Crippen molar-refractivity contribution in [2.75, 3.05) is 0 Å². The lowest BCUT2D eigenvalue weighted by molar-refractivity contribution is -0.123. The number of thioether (sulfide) groups is 1. The summed E-state index contributed by atoms with van der Waals surface area (Å²) in [6.07, 6.45) is 1.61. The molecule has 5 rings (SSSR count). The number of nitrogens with zero attached hydrogens (tertiary/aromatic N) is 1. The molecule has 4 aromatic carbocycles. The third kappa shape index (κ3) is 4.99. The number of rotatable bonds is 6. The van der Waals surface area contributed by atoms with Crippen LogP contribution in [0.15, 0.2) is 107 Å². The molecule has 6 nitrogen and oxygen atoms in total. The lowest BCUT2D eigenvalue weighted by atomic mass is 10.1. The molecule has 0 bridgehead atoms. The molecule has 1 aliphatic rings. The first-order valence-corrected chi connectivity index (χ1v) is 12.9. The summed E-state index contributed by atoms with van der Waals surface area (Å²) in [5.41, 5.74) is 1.51. The van der Waals surface area contributed by atoms with Crippen LogP contribution in [0.2, 0.25) is 0 Å². The molecule has 35 heavy (non-hydrogen) atoms. The molecule has 1 fully saturated rings. The van der Waals surface area contributed by atoms with E-state index in [0.717, 1.165) is 28.1 Å². The van der Waals surface area contributed by atoms with Gasteiger partial charge in [0.15, 0.2) is 0 Å². The van der Waals surface area contributed by atoms with Gasteiger partial charge in [-0.25, -0.2) is 0 Å². The van der Waals surface area contributed by atoms with E-state index in [2.05, 4.69) is 0 Å². The average molecular weight is 502 g/mol. The second-order valence-corrected chi connectivity index (χ2v) is 10.4. The number of amides is 2. The van der Waals surface area contributed by atoms with Crippen LogP contribution in [0.5, 0.6) is 5.75 Å². The fraction of sp³-hybridized carbons (Fsp3) is 0.0370. The molecule has 0 radical (unpaired) electrons. The van der Waals surface area contributed by atoms with Crippen molar-refractivity contribution >= 4 is 49.9 Å². The fourth-order valence-electron chi connectivity index (χ4n) is 3.67. The lowest BCUT2D eigenvalue weighted by Gasteiger charge is -2.12. The van der Waals surface area contributed by atoms with E-state index in [4.69, 9.17) is 4.18 Å². The van der Waals surface area contributed by atoms with Gasteiger partial charge in [0.05, 0.1) is 11.4 Å². The highest BCUT2D eigenvalue weighted by Crippen LogP contribution is 2.33. The van der Waals surface area contributed by atoms with Gasteiger partial charge in [-0.3, -0.25) is 14.5 Å². The van der Waals surface area contributed by atoms with Crippen LogP contribution in [-0.4, -0.2) is 24.5 Å². The van der Waals surface area contributed by atoms with Gasteiger partial charge >= 0.3 is 10.1 Å². The molecule has 0 spiro atoms. The van der Waals surface area contributed by atoms with Crippen molar-refractivity contribution < 1.29 is 22.2 Å². The maximum Gasteiger partial charge on any atom is 0.339 e. The first-order chi connectivity index (χ1) is 16.9. The first-order valence-electron chi connectivity index (χ1n) is 10.7. The Bertz CT molecular complexity index is 1560. The number of imide groups is 1. The van der Waals surface area contributed by atoms with Gasteiger partial charge in [-0.05, 0) is 64.0 Å². The van der Waals surface area contributed by atoms with Gasteiger partial charge in [-0.15, -0.1) is 0 Å². The molecule has 2 amide bonds. The van der Waals surface area contributed by atoms with Crippen LogP contribution < -0.4 is 4.18 Å². The maximum absolute atomic E-state index is 12.7. The Morgan fingerprint density at radius 2 is 1.49 bits per heavy atom. The smallest absolute Gasteiger partial charge is 0.339 e. The van der Waals surface area contributed by atoms with Crippen LogP contribution >= 0.6 is 11.8 Å². The molecule has 0 aromatic heterocycles. The molecule has 1 saturated heterocycles. The zero-order valence-corrected chi connectivity index (χ0v) is 20.0. The third-order valence-corrected chi connectivity index (χ3v) is 7.60. The second kappa shape index (κ2) is 9.40. The van der Waals surface area contributed by atoms with Gasteiger partial charge in [0, 0.05) is 0 Å². The largest absolute Gasteiger partial charge is 0.379 e. The summed E-state index contributed by atoms with van der Waals surface area (Å²) in [6, 6.07) is 27.9. The summed E-state index contributed by atoms with van der Waals surface area (Å²) in [5.74, 6) is -0.212. The predicted octanol–water partition coefficient (Wildman–Crippen LogP) is 5.84. The molecule has 0 N–H and O–H groups in total. The minimum Gasteiger partial charge on any atom is -0.379 e. The second-order valence-electron chi connectivity index (χ2n) is 7.87. The first kappa shape index (κ1) is 22.9. The SMILES string of the molecule is O=C1S/C(=C\c2ccc(OS(=O)(=O)c3ccc4ccccc4c3)cc2)C(=O)N1Cc1ccccc1. The van der Waals surface area contributed by atoms with E-state index >= 15 is 0 Å². The van der Waals surface area contributed by atoms with Gasteiger partial charge in [0.1, 0.15) is 10.6 Å². The molecule has 1 aliphatic heterocycles. The molecule has 0 atom stereocenters. The molecular weight excluding hydrogens is 482 g/mol. The van der Waals surface area contributed by atoms with Crippen molar-refractivity contribution in [3.05, 3.63) is 113 Å². The van der Waals surface area contributed by atoms with Gasteiger partial charge in [0.25, 0.3) is 11.1 Å². The van der Waals surface area contributed by atoms with Crippen molar-refractivity contribution in [3.63, 3.8) is 0 Å². The number of hydrogen-bond acceptors (Lipinski definition) is 6. The van der Waals surface area contributed by atoms with E-state index in [9.17, 15) is 18.0 Å². The Hall–Kier alpha value is -3.88. The Balaban J connectivity index is 1.30. The zero-order valence-electron chi connectivity index (χ0n) is 18.3. The van der Waals surface area contributed by atoms with Crippen molar-refractivity contribution in [2.45, 2.75) is 11.4 Å². The lowest BCUT2D eigenvalue weighted by Crippen LogP contribution is -2.27. The normalized spacial score (nSPS) is 15.2. The number of benzene rings is 4. The Labute approximate surface area is 207 Å². The van der Waals surface area contributed by atoms with E-state index < -0.39 is 10.1 Å². The van der Waals surface area contributed by atoms with Crippen molar-refractivity contribution in [3.8, 4) is 5.75 Å². The molecule has 0 aliphatic carbocycles. The van der Waals surface area contributed by atoms with Crippen LogP contribution in [0.4, 0.5) is 4.79 Å². The number of carbonyl (C=O) groups excluding carboxylic acids is 2. The summed E-state index contributed by atoms with van der Waals surface area (Å²) in [7, 11) is -4.02. The van der Waals surface area contributed by atoms with E-state index in [-0.39, 0.29) is 28.3 Å². The molecule has 0 unspecified atom stereocenters. The van der Waals surface area contributed by atoms with Crippen LogP contribution in [0.25, 0.3) is 16.8 Å². The van der Waals surface area contributed by atoms with Crippen LogP contribution in [0.1, 0.15) is 11.1 Å². The summed E-state index contributed by atoms with van der Waals surface area (Å²) < 4.78 is 30.8. The van der Waals surface area contributed by atoms with E-state index in [0.29, 0.717) is 10.5 Å². The monoisotopic (exact) mass is 501 g/mol. The predicted molar refractivity (Wildman–Crippen MR) is 136 cm³/mol. The van der Waals surface area contributed by atoms with Gasteiger partial charge in [-0.1, -0.05) is 72.8 Å². The minimum absolute atomic E-state index is 0.0624. The number of hydrogen-bond donors (Lipinski definition) is 0. The topological polar surface area (TPSA) is 80.8 Å². The Morgan fingerprint density at radius 3 is 2.23 bits per heavy atom. The van der Waals surface area contributed by atoms with Crippen molar-refractivity contribution in [1.29, 1.82) is 0 Å². The summed E-state index contributed by atoms with van der Waals surface area (Å²) in [6.45, 7) is 0.211. The van der Waals surface area contributed by atoms with E-state index in [1.807, 2.05) is 54.6 Å². The molecule has 8 heteroatoms. The summed E-state index contributed by atoms with van der Waals surface area (Å²) in [4.78, 5) is 26.7. The summed E-state index contributed by atoms with van der Waals surface area (Å²) in [5, 5.41) is 1.41. The van der Waals surface area contributed by atoms with Crippen LogP contribution in [0.3, 0.4) is 0 Å². The molecule has 174 valence electrons. The van der Waals surface area contributed by atoms with Gasteiger partial charge in [0.2, 0.25) is 0 Å². The van der Waals surface area contributed by atoms with Crippen molar-refractivity contribution in [2.24, 2.45) is 0 Å². The number of carbonyl (C=O) groups is 2. The average Bonchev–Trinajstić information content (AvgIpc) is 3.12. The Morgan fingerprint density at radius 1 is 0.800 bits per heavy atom. The highest BCUT2D eigenvalue weighted by atomic mass is 32.2. The van der Waals surface area contributed by atoms with Gasteiger partial charge in [-0.2, -0.15) is 8.42 Å². The maximum atomic E-state index is 12.7. The fourth-order valence-corrected chi connectivity index (χ4v) is 5.48. The standard InChI is InChI=1S/C27H19NO5S2/c29-26-25(34-27(30)28(26)18-20-6-2-1-3-7-20)16-19-10-13-23(14-11-19)33-35(31,32)24-15-12-21-8-4-5-9-22(21)17-24/h1-17H,18H2/b25-16-. The molecular formula is C27H19NO5S2. The Kier molecular flexibility index (Phi) is 6.15. The van der Waals surface area contributed by atoms with E-state index in [1.54, 1.807) is 30.3 Å². The third-order valence-electron chi connectivity index (χ3n) is 5.45. The molecule has 1 heterocycles. The number of fused-ring (bicyclic) bond motifs is 1. The minimum atomic E-state index is -4.02. The molecule has 0 saturated carbocycles. The summed E-state index contributed by atoms with van der Waals surface area (Å²) >= 11 is 0.880. The highest BCUT2D eigenvalue weighted by molar-refractivity contribution is 8.18.